The fraction of sp³-hybridized carbons (Fsp3) is 0.154. The van der Waals surface area contributed by atoms with Crippen molar-refractivity contribution in [2.45, 2.75) is 12.1 Å². The smallest absolute Gasteiger partial charge is 0.226 e. The molecule has 2 aliphatic rings. The van der Waals surface area contributed by atoms with Crippen LogP contribution in [0.15, 0.2) is 72.6 Å². The van der Waals surface area contributed by atoms with Gasteiger partial charge in [-0.3, -0.25) is 0 Å². The Bertz CT molecular complexity index is 1490. The normalized spacial score (nSPS) is 18.1. The Labute approximate surface area is 205 Å². The molecule has 0 bridgehead atoms. The summed E-state index contributed by atoms with van der Waals surface area (Å²) < 4.78 is 33.9. The van der Waals surface area contributed by atoms with E-state index in [1.807, 2.05) is 42.5 Å². The van der Waals surface area contributed by atoms with E-state index >= 15 is 0 Å². The van der Waals surface area contributed by atoms with Gasteiger partial charge in [0.05, 0.1) is 24.9 Å². The molecule has 1 aromatic heterocycles. The Hall–Kier alpha value is -4.04. The zero-order valence-corrected chi connectivity index (χ0v) is 19.6. The minimum Gasteiger partial charge on any atom is -0.493 e. The van der Waals surface area contributed by atoms with Crippen LogP contribution in [-0.4, -0.2) is 29.0 Å². The first-order chi connectivity index (χ1) is 17.1. The molecule has 2 atom stereocenters. The summed E-state index contributed by atoms with van der Waals surface area (Å²) in [6.45, 7) is 0. The largest absolute Gasteiger partial charge is 0.493 e. The number of nitrogens with one attached hydrogen (secondary N) is 1. The summed E-state index contributed by atoms with van der Waals surface area (Å²) in [5.41, 5.74) is 4.09. The SMILES string of the molecule is COc1ccc([C@H]2C3=C(Nc4ncnn42)c2ccccc2O[C@@H]3c2ccc(Cl)c(F)c2)cc1OC. The Morgan fingerprint density at radius 1 is 1.00 bits per heavy atom. The predicted octanol–water partition coefficient (Wildman–Crippen LogP) is 5.65. The highest BCUT2D eigenvalue weighted by Gasteiger charge is 2.41. The van der Waals surface area contributed by atoms with Crippen molar-refractivity contribution in [2.75, 3.05) is 19.5 Å². The third-order valence-corrected chi connectivity index (χ3v) is 6.60. The second kappa shape index (κ2) is 8.32. The molecule has 9 heteroatoms. The summed E-state index contributed by atoms with van der Waals surface area (Å²) in [6.07, 6.45) is 0.882. The molecule has 3 heterocycles. The van der Waals surface area contributed by atoms with Crippen molar-refractivity contribution in [3.8, 4) is 17.2 Å². The number of hydrogen-bond acceptors (Lipinski definition) is 6. The van der Waals surface area contributed by atoms with Gasteiger partial charge in [-0.05, 0) is 47.5 Å². The number of ether oxygens (including phenoxy) is 3. The summed E-state index contributed by atoms with van der Waals surface area (Å²) in [4.78, 5) is 4.43. The van der Waals surface area contributed by atoms with E-state index in [2.05, 4.69) is 15.4 Å². The molecule has 176 valence electrons. The molecular weight excluding hydrogens is 471 g/mol. The fourth-order valence-corrected chi connectivity index (χ4v) is 4.83. The second-order valence-corrected chi connectivity index (χ2v) is 8.58. The summed E-state index contributed by atoms with van der Waals surface area (Å²) in [5, 5.41) is 7.98. The fourth-order valence-electron chi connectivity index (χ4n) is 4.71. The van der Waals surface area contributed by atoms with E-state index in [9.17, 15) is 4.39 Å². The average Bonchev–Trinajstić information content (AvgIpc) is 3.36. The van der Waals surface area contributed by atoms with Gasteiger partial charge in [-0.1, -0.05) is 35.9 Å². The van der Waals surface area contributed by atoms with Gasteiger partial charge in [0.15, 0.2) is 11.5 Å². The van der Waals surface area contributed by atoms with E-state index in [0.29, 0.717) is 28.8 Å². The van der Waals surface area contributed by atoms with E-state index in [1.54, 1.807) is 31.0 Å². The first kappa shape index (κ1) is 21.5. The number of benzene rings is 3. The molecule has 0 saturated carbocycles. The molecule has 35 heavy (non-hydrogen) atoms. The molecule has 3 aromatic carbocycles. The molecular formula is C26H20ClFN4O3. The highest BCUT2D eigenvalue weighted by atomic mass is 35.5. The maximum absolute atomic E-state index is 14.6. The van der Waals surface area contributed by atoms with Crippen molar-refractivity contribution < 1.29 is 18.6 Å². The maximum Gasteiger partial charge on any atom is 0.226 e. The summed E-state index contributed by atoms with van der Waals surface area (Å²) in [5.74, 6) is 1.94. The van der Waals surface area contributed by atoms with Crippen LogP contribution in [-0.2, 0) is 0 Å². The number of methoxy groups -OCH3 is 2. The number of hydrogen-bond donors (Lipinski definition) is 1. The molecule has 0 unspecified atom stereocenters. The summed E-state index contributed by atoms with van der Waals surface area (Å²) in [7, 11) is 3.18. The number of para-hydroxylation sites is 1. The minimum atomic E-state index is -0.616. The van der Waals surface area contributed by atoms with Gasteiger partial charge in [0.1, 0.15) is 30.0 Å². The van der Waals surface area contributed by atoms with Crippen LogP contribution in [0.3, 0.4) is 0 Å². The van der Waals surface area contributed by atoms with E-state index in [0.717, 1.165) is 22.4 Å². The average molecular weight is 491 g/mol. The van der Waals surface area contributed by atoms with Gasteiger partial charge in [-0.2, -0.15) is 10.1 Å². The van der Waals surface area contributed by atoms with Crippen LogP contribution in [0.25, 0.3) is 5.70 Å². The molecule has 6 rings (SSSR count). The number of nitrogens with zero attached hydrogens (tertiary/aromatic N) is 3. The van der Waals surface area contributed by atoms with Gasteiger partial charge in [-0.25, -0.2) is 9.07 Å². The molecule has 1 N–H and O–H groups in total. The van der Waals surface area contributed by atoms with Crippen LogP contribution in [0.5, 0.6) is 17.2 Å². The Morgan fingerprint density at radius 3 is 2.60 bits per heavy atom. The minimum absolute atomic E-state index is 0.0518. The third-order valence-electron chi connectivity index (χ3n) is 6.29. The van der Waals surface area contributed by atoms with Gasteiger partial charge in [0.2, 0.25) is 5.95 Å². The number of fused-ring (bicyclic) bond motifs is 3. The van der Waals surface area contributed by atoms with Crippen molar-refractivity contribution in [1.82, 2.24) is 14.8 Å². The molecule has 2 aliphatic heterocycles. The predicted molar refractivity (Wildman–Crippen MR) is 129 cm³/mol. The van der Waals surface area contributed by atoms with Gasteiger partial charge in [0.25, 0.3) is 0 Å². The van der Waals surface area contributed by atoms with Crippen molar-refractivity contribution in [3.63, 3.8) is 0 Å². The van der Waals surface area contributed by atoms with Crippen LogP contribution >= 0.6 is 11.6 Å². The van der Waals surface area contributed by atoms with E-state index in [4.69, 9.17) is 25.8 Å². The summed E-state index contributed by atoms with van der Waals surface area (Å²) >= 11 is 5.99. The maximum atomic E-state index is 14.6. The summed E-state index contributed by atoms with van der Waals surface area (Å²) in [6, 6.07) is 17.7. The lowest BCUT2D eigenvalue weighted by molar-refractivity contribution is 0.222. The molecule has 7 nitrogen and oxygen atoms in total. The van der Waals surface area contributed by atoms with Crippen molar-refractivity contribution >= 4 is 23.2 Å². The molecule has 4 aromatic rings. The standard InChI is InChI=1S/C26H20ClFN4O3/c1-33-20-10-8-14(12-21(20)34-2)24-22-23(31-26-29-13-30-32(24)26)16-5-3-4-6-19(16)35-25(22)15-7-9-17(27)18(28)11-15/h3-13,24-25H,1-2H3,(H,29,30,31)/t24-,25+/m0/s1. The monoisotopic (exact) mass is 490 g/mol. The molecule has 0 aliphatic carbocycles. The lowest BCUT2D eigenvalue weighted by Crippen LogP contribution is -2.32. The first-order valence-corrected chi connectivity index (χ1v) is 11.3. The molecule has 0 saturated heterocycles. The topological polar surface area (TPSA) is 70.4 Å². The quantitative estimate of drug-likeness (QED) is 0.399. The Kier molecular flexibility index (Phi) is 5.11. The number of halogens is 2. The third kappa shape index (κ3) is 3.40. The van der Waals surface area contributed by atoms with Gasteiger partial charge < -0.3 is 19.5 Å². The van der Waals surface area contributed by atoms with Crippen LogP contribution < -0.4 is 19.5 Å². The molecule has 0 spiro atoms. The lowest BCUT2D eigenvalue weighted by atomic mass is 9.84. The molecule has 0 amide bonds. The van der Waals surface area contributed by atoms with Gasteiger partial charge in [-0.15, -0.1) is 0 Å². The van der Waals surface area contributed by atoms with Crippen LogP contribution in [0.1, 0.15) is 28.8 Å². The van der Waals surface area contributed by atoms with Gasteiger partial charge >= 0.3 is 0 Å². The first-order valence-electron chi connectivity index (χ1n) is 10.9. The van der Waals surface area contributed by atoms with Crippen LogP contribution in [0, 0.1) is 5.82 Å². The number of anilines is 1. The highest BCUT2D eigenvalue weighted by molar-refractivity contribution is 6.30. The molecule has 0 fully saturated rings. The van der Waals surface area contributed by atoms with Crippen molar-refractivity contribution in [1.29, 1.82) is 0 Å². The van der Waals surface area contributed by atoms with Crippen molar-refractivity contribution in [2.24, 2.45) is 0 Å². The van der Waals surface area contributed by atoms with Gasteiger partial charge in [0, 0.05) is 11.1 Å². The second-order valence-electron chi connectivity index (χ2n) is 8.17. The van der Waals surface area contributed by atoms with E-state index < -0.39 is 18.0 Å². The van der Waals surface area contributed by atoms with E-state index in [1.165, 1.54) is 12.4 Å². The number of rotatable bonds is 4. The lowest BCUT2D eigenvalue weighted by Gasteiger charge is -2.39. The zero-order valence-electron chi connectivity index (χ0n) is 18.8. The number of aromatic nitrogens is 3. The highest BCUT2D eigenvalue weighted by Crippen LogP contribution is 2.51. The van der Waals surface area contributed by atoms with Crippen LogP contribution in [0.4, 0.5) is 10.3 Å². The zero-order chi connectivity index (χ0) is 24.1. The van der Waals surface area contributed by atoms with Crippen molar-refractivity contribution in [3.05, 3.63) is 100 Å². The Morgan fingerprint density at radius 2 is 1.80 bits per heavy atom. The van der Waals surface area contributed by atoms with E-state index in [-0.39, 0.29) is 5.02 Å². The Balaban J connectivity index is 1.62. The van der Waals surface area contributed by atoms with Crippen LogP contribution in [0.2, 0.25) is 5.02 Å². The molecule has 0 radical (unpaired) electrons.